The second-order valence-electron chi connectivity index (χ2n) is 19.0. The Labute approximate surface area is 382 Å². The van der Waals surface area contributed by atoms with Gasteiger partial charge in [0.2, 0.25) is 0 Å². The maximum absolute atomic E-state index is 17.8. The van der Waals surface area contributed by atoms with Crippen LogP contribution in [0.25, 0.3) is 32.9 Å². The quantitative estimate of drug-likeness (QED) is 0.0596. The van der Waals surface area contributed by atoms with Gasteiger partial charge in [-0.15, -0.1) is 5.54 Å². The molecule has 65 heavy (non-hydrogen) atoms. The zero-order valence-corrected chi connectivity index (χ0v) is 39.8. The number of piperidine rings is 1. The molecule has 2 aromatic carbocycles. The van der Waals surface area contributed by atoms with Crippen LogP contribution in [0.1, 0.15) is 91.3 Å². The van der Waals surface area contributed by atoms with Crippen molar-refractivity contribution in [1.29, 1.82) is 0 Å². The molecule has 3 fully saturated rings. The fraction of sp³-hybridized carbons (Fsp3) is 0.520. The van der Waals surface area contributed by atoms with Crippen molar-refractivity contribution in [2.24, 2.45) is 5.92 Å². The van der Waals surface area contributed by atoms with Crippen molar-refractivity contribution in [2.75, 3.05) is 45.0 Å². The number of halogens is 2. The van der Waals surface area contributed by atoms with E-state index < -0.39 is 25.8 Å². The Kier molecular flexibility index (Phi) is 14.0. The third-order valence-electron chi connectivity index (χ3n) is 14.3. The van der Waals surface area contributed by atoms with E-state index in [1.807, 2.05) is 17.0 Å². The predicted octanol–water partition coefficient (Wildman–Crippen LogP) is 10.2. The summed E-state index contributed by atoms with van der Waals surface area (Å²) < 4.78 is 53.9. The Bertz CT molecular complexity index is 2550. The molecule has 2 bridgehead atoms. The number of aromatic nitrogens is 4. The van der Waals surface area contributed by atoms with Crippen molar-refractivity contribution in [3.63, 3.8) is 0 Å². The van der Waals surface area contributed by atoms with E-state index in [2.05, 4.69) is 69.1 Å². The zero-order valence-electron chi connectivity index (χ0n) is 38.8. The number of hydrogen-bond acceptors (Lipinski definition) is 9. The van der Waals surface area contributed by atoms with Gasteiger partial charge in [0.25, 0.3) is 0 Å². The molecule has 0 saturated carbocycles. The first-order chi connectivity index (χ1) is 31.3. The lowest BCUT2D eigenvalue weighted by Gasteiger charge is -2.40. The van der Waals surface area contributed by atoms with Crippen LogP contribution in [0.2, 0.25) is 16.6 Å². The van der Waals surface area contributed by atoms with Crippen LogP contribution in [-0.2, 0) is 17.9 Å². The summed E-state index contributed by atoms with van der Waals surface area (Å²) in [7, 11) is -0.803. The van der Waals surface area contributed by atoms with E-state index in [0.717, 1.165) is 56.9 Å². The number of methoxy groups -OCH3 is 1. The molecule has 3 aliphatic rings. The molecular formula is C50H63F2N7O5Si. The number of anilines is 1. The summed E-state index contributed by atoms with van der Waals surface area (Å²) in [6.07, 6.45) is 8.72. The SMILES string of the molecule is COCOc1cc(-c2ncc3c(N4CC5CCC(C4)N5C(=O)O)nc(OCc4cccn4CCCC4CCNCC4)nc3c2F)c2c(C#C[Si](C(C)C)(C(C)C)C(C)C)c(F)ccc2c1. The Hall–Kier alpha value is -5.30. The number of fused-ring (bicyclic) bond motifs is 4. The molecular weight excluding hydrogens is 845 g/mol. The first-order valence-electron chi connectivity index (χ1n) is 23.3. The van der Waals surface area contributed by atoms with Crippen molar-refractivity contribution in [3.8, 4) is 34.5 Å². The number of carbonyl (C=O) groups is 1. The molecule has 3 aromatic heterocycles. The summed E-state index contributed by atoms with van der Waals surface area (Å²) in [5, 5.41) is 14.9. The third kappa shape index (κ3) is 9.27. The van der Waals surface area contributed by atoms with Crippen LogP contribution in [-0.4, -0.2) is 95.9 Å². The molecule has 0 radical (unpaired) electrons. The molecule has 3 saturated heterocycles. The average molecular weight is 908 g/mol. The minimum absolute atomic E-state index is 0.0176. The van der Waals surface area contributed by atoms with Crippen LogP contribution in [0.4, 0.5) is 19.4 Å². The third-order valence-corrected chi connectivity index (χ3v) is 20.6. The fourth-order valence-corrected chi connectivity index (χ4v) is 16.3. The summed E-state index contributed by atoms with van der Waals surface area (Å²) in [5.41, 5.74) is 5.93. The normalized spacial score (nSPS) is 18.0. The number of nitrogens with one attached hydrogen (secondary N) is 1. The van der Waals surface area contributed by atoms with Crippen LogP contribution >= 0.6 is 0 Å². The van der Waals surface area contributed by atoms with Gasteiger partial charge in [0.15, 0.2) is 12.6 Å². The Morgan fingerprint density at radius 3 is 2.37 bits per heavy atom. The molecule has 2 unspecified atom stereocenters. The first-order valence-corrected chi connectivity index (χ1v) is 25.5. The smallest absolute Gasteiger partial charge is 0.407 e. The molecule has 8 rings (SSSR count). The highest BCUT2D eigenvalue weighted by Gasteiger charge is 2.44. The summed E-state index contributed by atoms with van der Waals surface area (Å²) >= 11 is 0. The Balaban J connectivity index is 1.24. The molecule has 15 heteroatoms. The van der Waals surface area contributed by atoms with Gasteiger partial charge < -0.3 is 34.1 Å². The van der Waals surface area contributed by atoms with Crippen molar-refractivity contribution < 1.29 is 32.9 Å². The fourth-order valence-electron chi connectivity index (χ4n) is 11.1. The van der Waals surface area contributed by atoms with E-state index >= 15 is 8.78 Å². The van der Waals surface area contributed by atoms with E-state index in [-0.39, 0.29) is 48.3 Å². The van der Waals surface area contributed by atoms with Gasteiger partial charge in [-0.25, -0.2) is 13.6 Å². The van der Waals surface area contributed by atoms with Crippen LogP contribution in [0.15, 0.2) is 48.8 Å². The number of ether oxygens (including phenoxy) is 3. The van der Waals surface area contributed by atoms with Crippen molar-refractivity contribution in [2.45, 2.75) is 122 Å². The van der Waals surface area contributed by atoms with Gasteiger partial charge in [0, 0.05) is 50.1 Å². The topological polar surface area (TPSA) is 127 Å². The molecule has 5 aromatic rings. The highest BCUT2D eigenvalue weighted by atomic mass is 28.3. The van der Waals surface area contributed by atoms with Gasteiger partial charge in [-0.3, -0.25) is 9.88 Å². The van der Waals surface area contributed by atoms with Gasteiger partial charge in [0.1, 0.15) is 43.3 Å². The van der Waals surface area contributed by atoms with Gasteiger partial charge in [-0.05, 0) is 110 Å². The number of hydrogen-bond donors (Lipinski definition) is 2. The maximum atomic E-state index is 17.8. The number of amides is 1. The van der Waals surface area contributed by atoms with Crippen molar-refractivity contribution >= 4 is 41.7 Å². The van der Waals surface area contributed by atoms with Gasteiger partial charge in [-0.1, -0.05) is 53.5 Å². The summed E-state index contributed by atoms with van der Waals surface area (Å²) in [5.74, 6) is 3.62. The second-order valence-corrected chi connectivity index (χ2v) is 24.6. The Morgan fingerprint density at radius 1 is 0.969 bits per heavy atom. The molecule has 3 aliphatic heterocycles. The summed E-state index contributed by atoms with van der Waals surface area (Å²) in [4.78, 5) is 30.2. The van der Waals surface area contributed by atoms with Gasteiger partial charge >= 0.3 is 12.1 Å². The standard InChI is InChI=1S/C50H63F2N7O5Si/c1-31(2)65(32(3)4,33(5)6)23-18-40-43(51)15-12-35-24-39(64-30-62-7)25-41(44(35)40)46-45(52)47-42(26-54-46)48(58-27-36-13-14-37(28-58)59(36)50(60)61)56-49(55-47)63-29-38-11-9-22-57(38)21-8-10-34-16-19-53-20-17-34/h9,11-12,15,22,24-26,31-34,36-37,53H,8,10,13-14,16-17,19-21,27-30H2,1-7H3,(H,60,61). The number of benzene rings is 2. The van der Waals surface area contributed by atoms with E-state index in [4.69, 9.17) is 29.2 Å². The first kappa shape index (κ1) is 46.2. The van der Waals surface area contributed by atoms with Crippen LogP contribution in [0.5, 0.6) is 11.8 Å². The zero-order chi connectivity index (χ0) is 46.0. The lowest BCUT2D eigenvalue weighted by molar-refractivity contribution is 0.0512. The number of pyridine rings is 1. The molecule has 0 aliphatic carbocycles. The van der Waals surface area contributed by atoms with Crippen LogP contribution in [0.3, 0.4) is 0 Å². The number of aryl methyl sites for hydroxylation is 1. The highest BCUT2D eigenvalue weighted by molar-refractivity contribution is 6.90. The van der Waals surface area contributed by atoms with Crippen LogP contribution < -0.4 is 19.7 Å². The van der Waals surface area contributed by atoms with E-state index in [9.17, 15) is 9.90 Å². The van der Waals surface area contributed by atoms with Crippen LogP contribution in [0, 0.1) is 29.0 Å². The molecule has 2 N–H and O–H groups in total. The van der Waals surface area contributed by atoms with E-state index in [1.54, 1.807) is 24.4 Å². The van der Waals surface area contributed by atoms with Gasteiger partial charge in [0.05, 0.1) is 28.7 Å². The lowest BCUT2D eigenvalue weighted by atomic mass is 9.93. The van der Waals surface area contributed by atoms with Crippen molar-refractivity contribution in [3.05, 3.63) is 71.7 Å². The monoisotopic (exact) mass is 907 g/mol. The minimum atomic E-state index is -2.32. The second kappa shape index (κ2) is 19.7. The van der Waals surface area contributed by atoms with Gasteiger partial charge in [-0.2, -0.15) is 9.97 Å². The summed E-state index contributed by atoms with van der Waals surface area (Å²) in [6, 6.07) is 9.98. The van der Waals surface area contributed by atoms with Crippen molar-refractivity contribution in [1.82, 2.24) is 29.7 Å². The lowest BCUT2D eigenvalue weighted by Crippen LogP contribution is -2.55. The van der Waals surface area contributed by atoms with E-state index in [1.165, 1.54) is 30.9 Å². The minimum Gasteiger partial charge on any atom is -0.468 e. The molecule has 346 valence electrons. The van der Waals surface area contributed by atoms with E-state index in [0.29, 0.717) is 63.0 Å². The number of carboxylic acid groups (broad SMARTS) is 1. The highest BCUT2D eigenvalue weighted by Crippen LogP contribution is 2.43. The number of piperazine rings is 1. The molecule has 0 spiro atoms. The average Bonchev–Trinajstić information content (AvgIpc) is 3.85. The predicted molar refractivity (Wildman–Crippen MR) is 253 cm³/mol. The molecule has 6 heterocycles. The summed E-state index contributed by atoms with van der Waals surface area (Å²) in [6.45, 7) is 17.1. The molecule has 12 nitrogen and oxygen atoms in total. The largest absolute Gasteiger partial charge is 0.468 e. The molecule has 1 amide bonds. The number of nitrogens with zero attached hydrogens (tertiary/aromatic N) is 6. The Morgan fingerprint density at radius 2 is 1.69 bits per heavy atom. The maximum Gasteiger partial charge on any atom is 0.407 e. The molecule has 2 atom stereocenters. The number of rotatable bonds is 15.